The number of ketones is 1. The van der Waals surface area contributed by atoms with E-state index < -0.39 is 6.98 Å². The first-order chi connectivity index (χ1) is 11.3. The molecular weight excluding hydrogens is 266 g/mol. The first kappa shape index (κ1) is 11.1. The van der Waals surface area contributed by atoms with Crippen LogP contribution >= 0.6 is 0 Å². The summed E-state index contributed by atoms with van der Waals surface area (Å²) in [7, 11) is 3.17. The summed E-state index contributed by atoms with van der Waals surface area (Å²) in [5, 5.41) is 0. The van der Waals surface area contributed by atoms with E-state index in [1.165, 1.54) is 4.90 Å². The van der Waals surface area contributed by atoms with E-state index in [9.17, 15) is 4.79 Å². The number of rotatable bonds is 3. The normalized spacial score (nSPS) is 32.0. The van der Waals surface area contributed by atoms with Gasteiger partial charge in [-0.1, -0.05) is 6.07 Å². The van der Waals surface area contributed by atoms with Gasteiger partial charge in [-0.15, -0.1) is 0 Å². The Morgan fingerprint density at radius 3 is 2.81 bits per heavy atom. The minimum Gasteiger partial charge on any atom is -0.493 e. The average molecular weight is 292 g/mol. The van der Waals surface area contributed by atoms with Gasteiger partial charge in [0.2, 0.25) is 0 Å². The van der Waals surface area contributed by atoms with Gasteiger partial charge in [-0.3, -0.25) is 4.79 Å². The Labute approximate surface area is 130 Å². The molecule has 3 rings (SSSR count). The van der Waals surface area contributed by atoms with Gasteiger partial charge in [-0.25, -0.2) is 0 Å². The molecule has 4 heteroatoms. The summed E-state index contributed by atoms with van der Waals surface area (Å²) < 4.78 is 34.1. The van der Waals surface area contributed by atoms with E-state index in [1.54, 1.807) is 14.2 Å². The minimum absolute atomic E-state index is 0.146. The second-order valence-corrected chi connectivity index (χ2v) is 5.93. The van der Waals surface area contributed by atoms with Gasteiger partial charge in [0.05, 0.1) is 14.2 Å². The smallest absolute Gasteiger partial charge is 0.161 e. The topological polar surface area (TPSA) is 38.8 Å². The summed E-state index contributed by atoms with van der Waals surface area (Å²) in [4.78, 5) is 13.5. The van der Waals surface area contributed by atoms with Crippen molar-refractivity contribution in [2.24, 2.45) is 0 Å². The molecule has 21 heavy (non-hydrogen) atoms. The molecule has 0 N–H and O–H groups in total. The molecule has 2 unspecified atom stereocenters. The summed E-state index contributed by atoms with van der Waals surface area (Å²) in [5.74, 6) is 1.42. The molecule has 1 heterocycles. The van der Waals surface area contributed by atoms with Crippen LogP contribution in [0.5, 0.6) is 11.5 Å². The van der Waals surface area contributed by atoms with Crippen molar-refractivity contribution < 1.29 is 18.4 Å². The molecule has 1 aromatic rings. The van der Waals surface area contributed by atoms with E-state index in [0.29, 0.717) is 37.3 Å². The number of likely N-dealkylation sites (N-methyl/N-ethyl adjacent to an activating group) is 1. The maximum atomic E-state index is 12.0. The molecule has 0 spiro atoms. The van der Waals surface area contributed by atoms with Crippen molar-refractivity contribution >= 4 is 5.78 Å². The van der Waals surface area contributed by atoms with Crippen molar-refractivity contribution in [3.8, 4) is 11.5 Å². The molecule has 1 aliphatic heterocycles. The monoisotopic (exact) mass is 292 g/mol. The number of hydrogen-bond donors (Lipinski definition) is 0. The summed E-state index contributed by atoms with van der Waals surface area (Å²) >= 11 is 0. The van der Waals surface area contributed by atoms with Crippen LogP contribution in [-0.4, -0.2) is 44.5 Å². The second-order valence-electron chi connectivity index (χ2n) is 5.93. The third-order valence-corrected chi connectivity index (χ3v) is 5.04. The van der Waals surface area contributed by atoms with Gasteiger partial charge in [0.1, 0.15) is 5.78 Å². The summed E-state index contributed by atoms with van der Waals surface area (Å²) in [6, 6.07) is 5.48. The number of carbonyl (C=O) groups excluding carboxylic acids is 1. The molecule has 114 valence electrons. The summed E-state index contributed by atoms with van der Waals surface area (Å²) in [6.07, 6.45) is 2.21. The molecule has 2 atom stereocenters. The zero-order chi connectivity index (χ0) is 17.5. The largest absolute Gasteiger partial charge is 0.493 e. The van der Waals surface area contributed by atoms with Crippen LogP contribution in [0.2, 0.25) is 0 Å². The zero-order valence-electron chi connectivity index (χ0n) is 15.5. The molecule has 1 saturated heterocycles. The van der Waals surface area contributed by atoms with E-state index in [1.807, 2.05) is 18.2 Å². The van der Waals surface area contributed by atoms with Gasteiger partial charge >= 0.3 is 0 Å². The van der Waals surface area contributed by atoms with Gasteiger partial charge in [0, 0.05) is 28.4 Å². The van der Waals surface area contributed by atoms with Crippen LogP contribution in [0.15, 0.2) is 18.2 Å². The molecule has 0 aromatic heterocycles. The van der Waals surface area contributed by atoms with Crippen LogP contribution in [0.25, 0.3) is 0 Å². The predicted molar refractivity (Wildman–Crippen MR) is 81.1 cm³/mol. The van der Waals surface area contributed by atoms with E-state index in [4.69, 9.17) is 13.6 Å². The molecule has 1 saturated carbocycles. The van der Waals surface area contributed by atoms with Gasteiger partial charge in [0.15, 0.2) is 11.5 Å². The van der Waals surface area contributed by atoms with E-state index in [-0.39, 0.29) is 17.2 Å². The number of hydrogen-bond acceptors (Lipinski definition) is 4. The number of ether oxygens (including phenoxy) is 2. The van der Waals surface area contributed by atoms with Crippen LogP contribution in [0.4, 0.5) is 0 Å². The molecule has 0 amide bonds. The number of nitrogens with zero attached hydrogens (tertiary/aromatic N) is 1. The fourth-order valence-corrected chi connectivity index (χ4v) is 3.85. The maximum Gasteiger partial charge on any atom is 0.161 e. The number of likely N-dealkylation sites (tertiary alicyclic amines) is 1. The fourth-order valence-electron chi connectivity index (χ4n) is 3.85. The van der Waals surface area contributed by atoms with E-state index >= 15 is 0 Å². The molecular formula is C17H23NO3. The lowest BCUT2D eigenvalue weighted by molar-refractivity contribution is -0.122. The standard InChI is InChI=1S/C17H23NO3/c1-18-9-8-17(7-6-13(19)11-16(17)18)12-4-5-14(20-2)15(10-12)21-3/h4-5,10,16H,6-9,11H2,1-3H3/i1D3. The Morgan fingerprint density at radius 1 is 1.29 bits per heavy atom. The lowest BCUT2D eigenvalue weighted by Crippen LogP contribution is -2.46. The van der Waals surface area contributed by atoms with Crippen molar-refractivity contribution in [2.45, 2.75) is 37.1 Å². The van der Waals surface area contributed by atoms with Crippen LogP contribution in [0.3, 0.4) is 0 Å². The fraction of sp³-hybridized carbons (Fsp3) is 0.588. The van der Waals surface area contributed by atoms with Gasteiger partial charge in [-0.05, 0) is 44.1 Å². The number of Topliss-reactive ketones (excluding diaryl/α,β-unsaturated/α-hetero) is 1. The third kappa shape index (κ3) is 2.22. The average Bonchev–Trinajstić information content (AvgIpc) is 2.94. The van der Waals surface area contributed by atoms with Crippen molar-refractivity contribution in [2.75, 3.05) is 27.7 Å². The Balaban J connectivity index is 2.05. The summed E-state index contributed by atoms with van der Waals surface area (Å²) in [6.45, 7) is -1.70. The zero-order valence-corrected chi connectivity index (χ0v) is 12.5. The Hall–Kier alpha value is -1.55. The lowest BCUT2D eigenvalue weighted by Gasteiger charge is -2.41. The molecule has 4 nitrogen and oxygen atoms in total. The lowest BCUT2D eigenvalue weighted by atomic mass is 9.66. The first-order valence-electron chi connectivity index (χ1n) is 8.83. The predicted octanol–water partition coefficient (Wildman–Crippen LogP) is 2.40. The van der Waals surface area contributed by atoms with Gasteiger partial charge < -0.3 is 14.4 Å². The van der Waals surface area contributed by atoms with E-state index in [0.717, 1.165) is 12.0 Å². The highest BCUT2D eigenvalue weighted by atomic mass is 16.5. The van der Waals surface area contributed by atoms with Crippen molar-refractivity contribution in [3.63, 3.8) is 0 Å². The molecule has 1 aromatic carbocycles. The quantitative estimate of drug-likeness (QED) is 0.857. The van der Waals surface area contributed by atoms with Gasteiger partial charge in [-0.2, -0.15) is 0 Å². The van der Waals surface area contributed by atoms with Crippen molar-refractivity contribution in [1.29, 1.82) is 0 Å². The number of methoxy groups -OCH3 is 2. The van der Waals surface area contributed by atoms with E-state index in [2.05, 4.69) is 0 Å². The van der Waals surface area contributed by atoms with Crippen LogP contribution in [0, 0.1) is 0 Å². The molecule has 0 radical (unpaired) electrons. The molecule has 2 fully saturated rings. The second kappa shape index (κ2) is 5.34. The van der Waals surface area contributed by atoms with Gasteiger partial charge in [0.25, 0.3) is 0 Å². The van der Waals surface area contributed by atoms with Crippen molar-refractivity contribution in [1.82, 2.24) is 4.90 Å². The highest BCUT2D eigenvalue weighted by Gasteiger charge is 2.50. The SMILES string of the molecule is [2H]C([2H])([2H])N1CCC2(c3ccc(OC)c(OC)c3)CCC(=O)CC12. The maximum absolute atomic E-state index is 12.0. The van der Waals surface area contributed by atoms with Crippen LogP contribution < -0.4 is 9.47 Å². The van der Waals surface area contributed by atoms with Crippen LogP contribution in [0.1, 0.15) is 35.4 Å². The Morgan fingerprint density at radius 2 is 2.10 bits per heavy atom. The third-order valence-electron chi connectivity index (χ3n) is 5.04. The highest BCUT2D eigenvalue weighted by molar-refractivity contribution is 5.81. The Kier molecular flexibility index (Phi) is 2.81. The molecule has 2 aliphatic rings. The van der Waals surface area contributed by atoms with Crippen LogP contribution in [-0.2, 0) is 10.2 Å². The number of benzene rings is 1. The molecule has 0 bridgehead atoms. The Bertz CT molecular complexity index is 646. The van der Waals surface area contributed by atoms with Crippen molar-refractivity contribution in [3.05, 3.63) is 23.8 Å². The summed E-state index contributed by atoms with van der Waals surface area (Å²) in [5.41, 5.74) is 0.714. The first-order valence-corrected chi connectivity index (χ1v) is 7.33. The highest BCUT2D eigenvalue weighted by Crippen LogP contribution is 2.48. The minimum atomic E-state index is -2.18. The molecule has 1 aliphatic carbocycles. The number of carbonyl (C=O) groups is 1. The number of fused-ring (bicyclic) bond motifs is 1.